The van der Waals surface area contributed by atoms with Gasteiger partial charge in [-0.1, -0.05) is 0 Å². The Labute approximate surface area is 139 Å². The number of aromatic nitrogens is 2. The van der Waals surface area contributed by atoms with Gasteiger partial charge >= 0.3 is 0 Å². The molecule has 3 rings (SSSR count). The zero-order valence-corrected chi connectivity index (χ0v) is 14.3. The minimum absolute atomic E-state index is 0.563. The molecular weight excluding hydrogens is 368 g/mol. The van der Waals surface area contributed by atoms with Gasteiger partial charge in [0.15, 0.2) is 0 Å². The first-order valence-corrected chi connectivity index (χ1v) is 8.76. The molecule has 0 saturated heterocycles. The molecule has 0 spiro atoms. The SMILES string of the molecule is Nc1nsc(NCCc2ccc(Br)s2)c1-c1ccncc1. The normalized spacial score (nSPS) is 10.7. The second kappa shape index (κ2) is 6.55. The van der Waals surface area contributed by atoms with Crippen molar-refractivity contribution in [1.29, 1.82) is 0 Å². The van der Waals surface area contributed by atoms with Gasteiger partial charge in [0.2, 0.25) is 0 Å². The standard InChI is InChI=1S/C14H13BrN4S2/c15-11-2-1-10(20-11)5-8-18-14-12(13(16)19-21-14)9-3-6-17-7-4-9/h1-4,6-7,18H,5,8H2,(H2,16,19). The predicted molar refractivity (Wildman–Crippen MR) is 94.0 cm³/mol. The van der Waals surface area contributed by atoms with Crippen molar-refractivity contribution in [2.75, 3.05) is 17.6 Å². The lowest BCUT2D eigenvalue weighted by atomic mass is 10.1. The van der Waals surface area contributed by atoms with Crippen molar-refractivity contribution in [3.8, 4) is 11.1 Å². The zero-order valence-electron chi connectivity index (χ0n) is 11.0. The first kappa shape index (κ1) is 14.5. The lowest BCUT2D eigenvalue weighted by Crippen LogP contribution is -2.03. The van der Waals surface area contributed by atoms with E-state index in [1.165, 1.54) is 16.4 Å². The summed E-state index contributed by atoms with van der Waals surface area (Å²) in [5, 5.41) is 4.45. The first-order valence-electron chi connectivity index (χ1n) is 6.37. The summed E-state index contributed by atoms with van der Waals surface area (Å²) in [6.45, 7) is 0.854. The van der Waals surface area contributed by atoms with Crippen LogP contribution in [0.1, 0.15) is 4.88 Å². The minimum Gasteiger partial charge on any atom is -0.382 e. The van der Waals surface area contributed by atoms with E-state index in [9.17, 15) is 0 Å². The van der Waals surface area contributed by atoms with Crippen LogP contribution < -0.4 is 11.1 Å². The van der Waals surface area contributed by atoms with Crippen molar-refractivity contribution in [2.24, 2.45) is 0 Å². The molecule has 0 fully saturated rings. The predicted octanol–water partition coefficient (Wildman–Crippen LogP) is 4.27. The maximum atomic E-state index is 5.99. The molecule has 3 N–H and O–H groups in total. The molecule has 108 valence electrons. The smallest absolute Gasteiger partial charge is 0.147 e. The van der Waals surface area contributed by atoms with Gasteiger partial charge in [-0.3, -0.25) is 4.98 Å². The average Bonchev–Trinajstić information content (AvgIpc) is 3.06. The number of nitrogens with zero attached hydrogens (tertiary/aromatic N) is 2. The van der Waals surface area contributed by atoms with Crippen LogP contribution in [0.15, 0.2) is 40.4 Å². The van der Waals surface area contributed by atoms with Crippen molar-refractivity contribution >= 4 is 49.6 Å². The van der Waals surface area contributed by atoms with Gasteiger partial charge in [0.1, 0.15) is 10.8 Å². The van der Waals surface area contributed by atoms with Crippen molar-refractivity contribution in [1.82, 2.24) is 9.36 Å². The van der Waals surface area contributed by atoms with Crippen LogP contribution in [0.5, 0.6) is 0 Å². The molecule has 0 radical (unpaired) electrons. The number of hydrogen-bond acceptors (Lipinski definition) is 6. The van der Waals surface area contributed by atoms with Crippen molar-refractivity contribution < 1.29 is 0 Å². The number of halogens is 1. The van der Waals surface area contributed by atoms with Crippen LogP contribution in [0.4, 0.5) is 10.8 Å². The van der Waals surface area contributed by atoms with Crippen molar-refractivity contribution in [3.63, 3.8) is 0 Å². The van der Waals surface area contributed by atoms with Crippen molar-refractivity contribution in [3.05, 3.63) is 45.3 Å². The summed E-state index contributed by atoms with van der Waals surface area (Å²) in [6, 6.07) is 8.11. The van der Waals surface area contributed by atoms with Gasteiger partial charge in [-0.25, -0.2) is 0 Å². The molecule has 0 aromatic carbocycles. The van der Waals surface area contributed by atoms with Gasteiger partial charge in [0, 0.05) is 23.8 Å². The summed E-state index contributed by atoms with van der Waals surface area (Å²) < 4.78 is 5.42. The monoisotopic (exact) mass is 380 g/mol. The van der Waals surface area contributed by atoms with E-state index in [1.807, 2.05) is 12.1 Å². The second-order valence-corrected chi connectivity index (χ2v) is 7.71. The Bertz CT molecular complexity index is 724. The van der Waals surface area contributed by atoms with Gasteiger partial charge in [-0.15, -0.1) is 11.3 Å². The fourth-order valence-corrected chi connectivity index (χ4v) is 4.25. The molecule has 21 heavy (non-hydrogen) atoms. The number of thiophene rings is 1. The van der Waals surface area contributed by atoms with Crippen LogP contribution >= 0.6 is 38.8 Å². The molecule has 0 aliphatic heterocycles. The van der Waals surface area contributed by atoms with Gasteiger partial charge in [0.05, 0.1) is 9.35 Å². The fourth-order valence-electron chi connectivity index (χ4n) is 2.01. The van der Waals surface area contributed by atoms with Crippen LogP contribution in [0.3, 0.4) is 0 Å². The molecule has 0 aliphatic rings. The van der Waals surface area contributed by atoms with Gasteiger partial charge in [-0.2, -0.15) is 4.37 Å². The van der Waals surface area contributed by atoms with Gasteiger partial charge < -0.3 is 11.1 Å². The molecule has 0 saturated carbocycles. The van der Waals surface area contributed by atoms with E-state index in [0.717, 1.165) is 32.9 Å². The summed E-state index contributed by atoms with van der Waals surface area (Å²) in [6.07, 6.45) is 4.50. The topological polar surface area (TPSA) is 63.8 Å². The Morgan fingerprint density at radius 2 is 2.00 bits per heavy atom. The molecule has 0 unspecified atom stereocenters. The number of nitrogen functional groups attached to an aromatic ring is 1. The van der Waals surface area contributed by atoms with Crippen LogP contribution in [0.25, 0.3) is 11.1 Å². The minimum atomic E-state index is 0.563. The molecule has 0 atom stereocenters. The number of anilines is 2. The second-order valence-electron chi connectivity index (χ2n) is 4.39. The van der Waals surface area contributed by atoms with Crippen LogP contribution in [0, 0.1) is 0 Å². The summed E-state index contributed by atoms with van der Waals surface area (Å²) in [5.41, 5.74) is 8.00. The van der Waals surface area contributed by atoms with E-state index in [2.05, 4.69) is 42.7 Å². The number of hydrogen-bond donors (Lipinski definition) is 2. The molecule has 0 aliphatic carbocycles. The van der Waals surface area contributed by atoms with E-state index in [-0.39, 0.29) is 0 Å². The fraction of sp³-hybridized carbons (Fsp3) is 0.143. The highest BCUT2D eigenvalue weighted by Gasteiger charge is 2.13. The zero-order chi connectivity index (χ0) is 14.7. The third-order valence-corrected chi connectivity index (χ3v) is 5.48. The molecule has 7 heteroatoms. The summed E-state index contributed by atoms with van der Waals surface area (Å²) in [7, 11) is 0. The Balaban J connectivity index is 1.72. The molecule has 0 bridgehead atoms. The number of nitrogens with one attached hydrogen (secondary N) is 1. The van der Waals surface area contributed by atoms with E-state index >= 15 is 0 Å². The molecule has 3 aromatic heterocycles. The maximum Gasteiger partial charge on any atom is 0.147 e. The van der Waals surface area contributed by atoms with Crippen LogP contribution in [-0.2, 0) is 6.42 Å². The van der Waals surface area contributed by atoms with E-state index < -0.39 is 0 Å². The van der Waals surface area contributed by atoms with Crippen molar-refractivity contribution in [2.45, 2.75) is 6.42 Å². The Morgan fingerprint density at radius 3 is 2.71 bits per heavy atom. The lowest BCUT2D eigenvalue weighted by Gasteiger charge is -2.06. The number of pyridine rings is 1. The highest BCUT2D eigenvalue weighted by molar-refractivity contribution is 9.11. The summed E-state index contributed by atoms with van der Waals surface area (Å²) in [4.78, 5) is 5.38. The molecule has 3 heterocycles. The Hall–Kier alpha value is -1.44. The molecular formula is C14H13BrN4S2. The highest BCUT2D eigenvalue weighted by atomic mass is 79.9. The quantitative estimate of drug-likeness (QED) is 0.693. The number of rotatable bonds is 5. The van der Waals surface area contributed by atoms with Crippen LogP contribution in [0.2, 0.25) is 0 Å². The Kier molecular flexibility index (Phi) is 4.52. The van der Waals surface area contributed by atoms with E-state index in [1.54, 1.807) is 23.7 Å². The average molecular weight is 381 g/mol. The largest absolute Gasteiger partial charge is 0.382 e. The summed E-state index contributed by atoms with van der Waals surface area (Å²) >= 11 is 6.64. The molecule has 3 aromatic rings. The first-order chi connectivity index (χ1) is 10.2. The van der Waals surface area contributed by atoms with E-state index in [4.69, 9.17) is 5.73 Å². The lowest BCUT2D eigenvalue weighted by molar-refractivity contribution is 1.05. The number of nitrogens with two attached hydrogens (primary N) is 1. The molecule has 0 amide bonds. The third-order valence-electron chi connectivity index (χ3n) is 2.97. The third kappa shape index (κ3) is 3.42. The van der Waals surface area contributed by atoms with Crippen LogP contribution in [-0.4, -0.2) is 15.9 Å². The Morgan fingerprint density at radius 1 is 1.19 bits per heavy atom. The van der Waals surface area contributed by atoms with Gasteiger partial charge in [-0.05, 0) is 63.7 Å². The maximum absolute atomic E-state index is 5.99. The summed E-state index contributed by atoms with van der Waals surface area (Å²) in [5.74, 6) is 0.563. The highest BCUT2D eigenvalue weighted by Crippen LogP contribution is 2.36. The van der Waals surface area contributed by atoms with Gasteiger partial charge in [0.25, 0.3) is 0 Å². The molecule has 4 nitrogen and oxygen atoms in total. The van der Waals surface area contributed by atoms with E-state index in [0.29, 0.717) is 5.82 Å².